The van der Waals surface area contributed by atoms with E-state index < -0.39 is 0 Å². The molecule has 2 unspecified atom stereocenters. The summed E-state index contributed by atoms with van der Waals surface area (Å²) in [6, 6.07) is 0. The third-order valence-electron chi connectivity index (χ3n) is 4.36. The minimum Gasteiger partial charge on any atom is -0.352 e. The zero-order chi connectivity index (χ0) is 13.1. The highest BCUT2D eigenvalue weighted by atomic mass is 31.1. The summed E-state index contributed by atoms with van der Waals surface area (Å²) in [6.07, 6.45) is 7.04. The Hall–Kier alpha value is -0.100. The van der Waals surface area contributed by atoms with Gasteiger partial charge in [0.2, 0.25) is 0 Å². The van der Waals surface area contributed by atoms with Crippen LogP contribution in [-0.2, 0) is 0 Å². The van der Waals surface area contributed by atoms with Crippen LogP contribution in [-0.4, -0.2) is 23.7 Å². The van der Waals surface area contributed by atoms with Crippen LogP contribution < -0.4 is 5.09 Å². The molecular formula is C15H29N2P. The predicted octanol–water partition coefficient (Wildman–Crippen LogP) is 4.40. The van der Waals surface area contributed by atoms with Crippen molar-refractivity contribution in [3.8, 4) is 0 Å². The highest BCUT2D eigenvalue weighted by Gasteiger charge is 2.34. The molecule has 2 atom stereocenters. The lowest BCUT2D eigenvalue weighted by atomic mass is 9.90. The van der Waals surface area contributed by atoms with Gasteiger partial charge in [-0.05, 0) is 38.1 Å². The molecule has 3 heteroatoms. The predicted molar refractivity (Wildman–Crippen MR) is 82.7 cm³/mol. The second-order valence-corrected chi connectivity index (χ2v) is 9.54. The lowest BCUT2D eigenvalue weighted by Gasteiger charge is -2.30. The number of fused-ring (bicyclic) bond motifs is 1. The van der Waals surface area contributed by atoms with Crippen LogP contribution in [0.3, 0.4) is 0 Å². The Balaban J connectivity index is 2.00. The van der Waals surface area contributed by atoms with Crippen molar-refractivity contribution in [2.24, 2.45) is 16.8 Å². The fourth-order valence-corrected chi connectivity index (χ4v) is 5.61. The Kier molecular flexibility index (Phi) is 5.06. The molecule has 0 saturated heterocycles. The maximum Gasteiger partial charge on any atom is 0.103 e. The molecule has 1 heterocycles. The Bertz CT molecular complexity index is 291. The van der Waals surface area contributed by atoms with E-state index in [-0.39, 0.29) is 8.07 Å². The van der Waals surface area contributed by atoms with Crippen LogP contribution in [0.5, 0.6) is 0 Å². The van der Waals surface area contributed by atoms with Gasteiger partial charge in [0.05, 0.1) is 0 Å². The highest BCUT2D eigenvalue weighted by Crippen LogP contribution is 2.44. The third-order valence-corrected chi connectivity index (χ3v) is 7.08. The van der Waals surface area contributed by atoms with E-state index in [9.17, 15) is 0 Å². The van der Waals surface area contributed by atoms with Crippen LogP contribution in [0.25, 0.3) is 0 Å². The maximum atomic E-state index is 4.85. The first-order valence-corrected chi connectivity index (χ1v) is 9.17. The van der Waals surface area contributed by atoms with Gasteiger partial charge in [0.15, 0.2) is 0 Å². The summed E-state index contributed by atoms with van der Waals surface area (Å²) in [5, 5.41) is 3.86. The summed E-state index contributed by atoms with van der Waals surface area (Å²) in [7, 11) is -0.111. The molecule has 2 nitrogen and oxygen atoms in total. The van der Waals surface area contributed by atoms with Gasteiger partial charge in [0.1, 0.15) is 5.84 Å². The molecule has 1 aliphatic heterocycles. The monoisotopic (exact) mass is 268 g/mol. The van der Waals surface area contributed by atoms with E-state index in [0.717, 1.165) is 29.7 Å². The lowest BCUT2D eigenvalue weighted by Crippen LogP contribution is -2.31. The van der Waals surface area contributed by atoms with Gasteiger partial charge in [-0.3, -0.25) is 4.99 Å². The summed E-state index contributed by atoms with van der Waals surface area (Å²) < 4.78 is 0. The number of hydrogen-bond acceptors (Lipinski definition) is 2. The zero-order valence-electron chi connectivity index (χ0n) is 12.4. The smallest absolute Gasteiger partial charge is 0.103 e. The van der Waals surface area contributed by atoms with E-state index in [4.69, 9.17) is 4.99 Å². The molecule has 0 aromatic carbocycles. The van der Waals surface area contributed by atoms with Gasteiger partial charge in [0.25, 0.3) is 0 Å². The number of rotatable bonds is 3. The molecule has 18 heavy (non-hydrogen) atoms. The molecule has 0 bridgehead atoms. The second kappa shape index (κ2) is 6.37. The normalized spacial score (nSPS) is 28.5. The molecule has 1 saturated carbocycles. The Labute approximate surface area is 114 Å². The number of hydrogen-bond donors (Lipinski definition) is 1. The van der Waals surface area contributed by atoms with Crippen molar-refractivity contribution in [2.45, 2.75) is 71.1 Å². The summed E-state index contributed by atoms with van der Waals surface area (Å²) in [5.41, 5.74) is 1.49. The zero-order valence-corrected chi connectivity index (χ0v) is 13.3. The van der Waals surface area contributed by atoms with E-state index in [0.29, 0.717) is 0 Å². The van der Waals surface area contributed by atoms with Gasteiger partial charge in [-0.15, -0.1) is 0 Å². The molecule has 1 aliphatic carbocycles. The van der Waals surface area contributed by atoms with E-state index in [1.165, 1.54) is 37.9 Å². The van der Waals surface area contributed by atoms with Gasteiger partial charge in [-0.25, -0.2) is 0 Å². The number of amidine groups is 1. The third kappa shape index (κ3) is 3.26. The first-order valence-electron chi connectivity index (χ1n) is 7.69. The summed E-state index contributed by atoms with van der Waals surface area (Å²) in [6.45, 7) is 10.5. The van der Waals surface area contributed by atoms with Crippen molar-refractivity contribution in [3.05, 3.63) is 0 Å². The van der Waals surface area contributed by atoms with Gasteiger partial charge < -0.3 is 5.09 Å². The van der Waals surface area contributed by atoms with E-state index in [2.05, 4.69) is 32.8 Å². The van der Waals surface area contributed by atoms with Gasteiger partial charge in [0, 0.05) is 12.5 Å². The first kappa shape index (κ1) is 14.3. The van der Waals surface area contributed by atoms with E-state index >= 15 is 0 Å². The minimum atomic E-state index is -0.111. The first-order chi connectivity index (χ1) is 8.59. The molecule has 1 fully saturated rings. The second-order valence-electron chi connectivity index (χ2n) is 6.44. The quantitative estimate of drug-likeness (QED) is 0.754. The van der Waals surface area contributed by atoms with Crippen molar-refractivity contribution >= 4 is 13.9 Å². The topological polar surface area (TPSA) is 24.4 Å². The maximum absolute atomic E-state index is 4.85. The average molecular weight is 268 g/mol. The molecule has 0 spiro atoms. The van der Waals surface area contributed by atoms with Crippen molar-refractivity contribution < 1.29 is 0 Å². The lowest BCUT2D eigenvalue weighted by molar-refractivity contribution is 0.430. The number of nitrogens with one attached hydrogen (secondary N) is 1. The molecule has 104 valence electrons. The Morgan fingerprint density at radius 3 is 2.39 bits per heavy atom. The largest absolute Gasteiger partial charge is 0.352 e. The van der Waals surface area contributed by atoms with Crippen molar-refractivity contribution in [1.29, 1.82) is 0 Å². The molecule has 2 rings (SSSR count). The van der Waals surface area contributed by atoms with Gasteiger partial charge in [-0.1, -0.05) is 47.0 Å². The standard InChI is InChI=1S/C15H29N2P/c1-11(2)18(12(3)4)17-15-14-9-7-5-6-8-13(14)10-16-15/h11-14H,5-10H2,1-4H3,(H,16,17). The fourth-order valence-electron chi connectivity index (χ4n) is 3.40. The summed E-state index contributed by atoms with van der Waals surface area (Å²) >= 11 is 0. The van der Waals surface area contributed by atoms with Crippen LogP contribution in [0, 0.1) is 11.8 Å². The van der Waals surface area contributed by atoms with E-state index in [1.54, 1.807) is 0 Å². The van der Waals surface area contributed by atoms with Gasteiger partial charge in [-0.2, -0.15) is 0 Å². The molecule has 2 aliphatic rings. The summed E-state index contributed by atoms with van der Waals surface area (Å²) in [5.74, 6) is 2.98. The average Bonchev–Trinajstić information content (AvgIpc) is 2.54. The van der Waals surface area contributed by atoms with Gasteiger partial charge >= 0.3 is 0 Å². The number of nitrogens with zero attached hydrogens (tertiary/aromatic N) is 1. The molecule has 0 aromatic rings. The summed E-state index contributed by atoms with van der Waals surface area (Å²) in [4.78, 5) is 4.85. The van der Waals surface area contributed by atoms with Crippen LogP contribution >= 0.6 is 8.07 Å². The number of aliphatic imine (C=N–C) groups is 1. The highest BCUT2D eigenvalue weighted by molar-refractivity contribution is 7.57. The Morgan fingerprint density at radius 2 is 1.72 bits per heavy atom. The molecular weight excluding hydrogens is 239 g/mol. The van der Waals surface area contributed by atoms with Crippen molar-refractivity contribution in [2.75, 3.05) is 6.54 Å². The van der Waals surface area contributed by atoms with Crippen molar-refractivity contribution in [1.82, 2.24) is 5.09 Å². The van der Waals surface area contributed by atoms with Crippen molar-refractivity contribution in [3.63, 3.8) is 0 Å². The molecule has 1 N–H and O–H groups in total. The molecule has 0 amide bonds. The Morgan fingerprint density at radius 1 is 1.06 bits per heavy atom. The fraction of sp³-hybridized carbons (Fsp3) is 0.933. The van der Waals surface area contributed by atoms with Crippen LogP contribution in [0.2, 0.25) is 0 Å². The van der Waals surface area contributed by atoms with E-state index in [1.807, 2.05) is 0 Å². The molecule has 0 aromatic heterocycles. The van der Waals surface area contributed by atoms with Crippen LogP contribution in [0.1, 0.15) is 59.8 Å². The SMILES string of the molecule is CC(C)P(NC1=NCC2CCCCCC12)C(C)C. The van der Waals surface area contributed by atoms with Crippen LogP contribution in [0.15, 0.2) is 4.99 Å². The minimum absolute atomic E-state index is 0.111. The van der Waals surface area contributed by atoms with Crippen LogP contribution in [0.4, 0.5) is 0 Å². The molecule has 0 radical (unpaired) electrons.